The third kappa shape index (κ3) is 5.56. The minimum absolute atomic E-state index is 0.00905. The van der Waals surface area contributed by atoms with Gasteiger partial charge in [0.25, 0.3) is 5.91 Å². The number of hydrogen-bond acceptors (Lipinski definition) is 6. The Hall–Kier alpha value is -3.43. The number of anilines is 1. The Kier molecular flexibility index (Phi) is 6.65. The second-order valence-corrected chi connectivity index (χ2v) is 8.13. The van der Waals surface area contributed by atoms with Crippen molar-refractivity contribution in [1.29, 1.82) is 0 Å². The van der Waals surface area contributed by atoms with E-state index in [2.05, 4.69) is 10.0 Å². The molecule has 0 aliphatic heterocycles. The molecular formula is C21H20N2O6S. The van der Waals surface area contributed by atoms with E-state index < -0.39 is 28.5 Å². The van der Waals surface area contributed by atoms with Gasteiger partial charge in [-0.2, -0.15) is 0 Å². The highest BCUT2D eigenvalue weighted by atomic mass is 32.2. The number of aryl methyl sites for hydroxylation is 1. The molecule has 0 aliphatic carbocycles. The summed E-state index contributed by atoms with van der Waals surface area (Å²) in [6, 6.07) is 15.8. The lowest BCUT2D eigenvalue weighted by Crippen LogP contribution is -2.23. The molecule has 30 heavy (non-hydrogen) atoms. The summed E-state index contributed by atoms with van der Waals surface area (Å²) in [6.07, 6.45) is 1.45. The standard InChI is InChI=1S/C21H20N2O6S/c1-15-5-2-3-7-19(15)23-20(24)14-29-21(25)16-8-10-18(11-9-16)30(26,27)22-13-17-6-4-12-28-17/h2-12,22H,13-14H2,1H3,(H,23,24). The van der Waals surface area contributed by atoms with Gasteiger partial charge in [-0.3, -0.25) is 4.79 Å². The molecule has 0 aliphatic rings. The number of amides is 1. The molecule has 3 rings (SSSR count). The van der Waals surface area contributed by atoms with Gasteiger partial charge >= 0.3 is 5.97 Å². The predicted octanol–water partition coefficient (Wildman–Crippen LogP) is 2.86. The lowest BCUT2D eigenvalue weighted by molar-refractivity contribution is -0.119. The summed E-state index contributed by atoms with van der Waals surface area (Å²) < 4.78 is 37.1. The van der Waals surface area contributed by atoms with E-state index in [9.17, 15) is 18.0 Å². The maximum atomic E-state index is 12.3. The molecule has 0 fully saturated rings. The van der Waals surface area contributed by atoms with Crippen LogP contribution in [0.1, 0.15) is 21.7 Å². The molecule has 2 aromatic carbocycles. The van der Waals surface area contributed by atoms with E-state index in [4.69, 9.17) is 9.15 Å². The lowest BCUT2D eigenvalue weighted by Gasteiger charge is -2.09. The monoisotopic (exact) mass is 428 g/mol. The van der Waals surface area contributed by atoms with Gasteiger partial charge in [-0.05, 0) is 55.0 Å². The number of benzene rings is 2. The van der Waals surface area contributed by atoms with Gasteiger partial charge in [0.1, 0.15) is 5.76 Å². The first kappa shape index (κ1) is 21.3. The number of rotatable bonds is 8. The summed E-state index contributed by atoms with van der Waals surface area (Å²) in [6.45, 7) is 1.40. The number of hydrogen-bond donors (Lipinski definition) is 2. The molecule has 1 heterocycles. The van der Waals surface area contributed by atoms with E-state index in [0.717, 1.165) is 5.56 Å². The van der Waals surface area contributed by atoms with Crippen LogP contribution in [-0.2, 0) is 26.1 Å². The van der Waals surface area contributed by atoms with Crippen molar-refractivity contribution in [2.45, 2.75) is 18.4 Å². The minimum Gasteiger partial charge on any atom is -0.468 e. The molecule has 0 saturated heterocycles. The van der Waals surface area contributed by atoms with Gasteiger partial charge in [-0.1, -0.05) is 18.2 Å². The molecule has 0 saturated carbocycles. The van der Waals surface area contributed by atoms with E-state index in [0.29, 0.717) is 11.4 Å². The number of carbonyl (C=O) groups is 2. The highest BCUT2D eigenvalue weighted by Gasteiger charge is 2.16. The fourth-order valence-electron chi connectivity index (χ4n) is 2.55. The zero-order valence-electron chi connectivity index (χ0n) is 16.1. The van der Waals surface area contributed by atoms with Crippen LogP contribution in [0.15, 0.2) is 76.2 Å². The topological polar surface area (TPSA) is 115 Å². The maximum Gasteiger partial charge on any atom is 0.338 e. The minimum atomic E-state index is -3.77. The van der Waals surface area contributed by atoms with Crippen LogP contribution in [0.3, 0.4) is 0 Å². The molecule has 0 atom stereocenters. The number of carbonyl (C=O) groups excluding carboxylic acids is 2. The first-order valence-corrected chi connectivity index (χ1v) is 10.5. The average molecular weight is 428 g/mol. The molecular weight excluding hydrogens is 408 g/mol. The third-order valence-corrected chi connectivity index (χ3v) is 5.59. The Bertz CT molecular complexity index is 1120. The summed E-state index contributed by atoms with van der Waals surface area (Å²) in [5, 5.41) is 2.66. The van der Waals surface area contributed by atoms with Crippen LogP contribution in [-0.4, -0.2) is 26.9 Å². The van der Waals surface area contributed by atoms with Crippen LogP contribution in [0.4, 0.5) is 5.69 Å². The quantitative estimate of drug-likeness (QED) is 0.533. The number of sulfonamides is 1. The summed E-state index contributed by atoms with van der Waals surface area (Å²) in [4.78, 5) is 24.1. The van der Waals surface area contributed by atoms with Crippen LogP contribution in [0.5, 0.6) is 0 Å². The lowest BCUT2D eigenvalue weighted by atomic mass is 10.2. The van der Waals surface area contributed by atoms with Gasteiger partial charge in [0.2, 0.25) is 10.0 Å². The Morgan fingerprint density at radius 1 is 1.00 bits per heavy atom. The smallest absolute Gasteiger partial charge is 0.338 e. The summed E-state index contributed by atoms with van der Waals surface area (Å²) in [7, 11) is -3.77. The van der Waals surface area contributed by atoms with Crippen LogP contribution in [0.2, 0.25) is 0 Å². The largest absolute Gasteiger partial charge is 0.468 e. The van der Waals surface area contributed by atoms with Crippen molar-refractivity contribution in [3.05, 3.63) is 83.8 Å². The van der Waals surface area contributed by atoms with Gasteiger partial charge in [-0.25, -0.2) is 17.9 Å². The van der Waals surface area contributed by atoms with E-state index in [1.807, 2.05) is 19.1 Å². The van der Waals surface area contributed by atoms with Gasteiger partial charge in [0, 0.05) is 5.69 Å². The van der Waals surface area contributed by atoms with Gasteiger partial charge in [-0.15, -0.1) is 0 Å². The van der Waals surface area contributed by atoms with Crippen molar-refractivity contribution in [2.24, 2.45) is 0 Å². The summed E-state index contributed by atoms with van der Waals surface area (Å²) in [5.74, 6) is -0.732. The Morgan fingerprint density at radius 3 is 2.40 bits per heavy atom. The molecule has 2 N–H and O–H groups in total. The van der Waals surface area contributed by atoms with Crippen LogP contribution in [0, 0.1) is 6.92 Å². The molecule has 156 valence electrons. The number of nitrogens with one attached hydrogen (secondary N) is 2. The van der Waals surface area contributed by atoms with Crippen molar-refractivity contribution < 1.29 is 27.2 Å². The van der Waals surface area contributed by atoms with Gasteiger partial charge < -0.3 is 14.5 Å². The van der Waals surface area contributed by atoms with Crippen LogP contribution in [0.25, 0.3) is 0 Å². The van der Waals surface area contributed by atoms with E-state index in [1.54, 1.807) is 24.3 Å². The van der Waals surface area contributed by atoms with Crippen molar-refractivity contribution in [1.82, 2.24) is 4.72 Å². The molecule has 9 heteroatoms. The number of ether oxygens (including phenoxy) is 1. The molecule has 0 bridgehead atoms. The number of furan rings is 1. The van der Waals surface area contributed by atoms with Crippen molar-refractivity contribution in [3.8, 4) is 0 Å². The normalized spacial score (nSPS) is 11.1. The summed E-state index contributed by atoms with van der Waals surface area (Å²) in [5.41, 5.74) is 1.65. The molecule has 3 aromatic rings. The van der Waals surface area contributed by atoms with E-state index in [-0.39, 0.29) is 17.0 Å². The fraction of sp³-hybridized carbons (Fsp3) is 0.143. The average Bonchev–Trinajstić information content (AvgIpc) is 3.26. The molecule has 1 amide bonds. The SMILES string of the molecule is Cc1ccccc1NC(=O)COC(=O)c1ccc(S(=O)(=O)NCc2ccco2)cc1. The molecule has 1 aromatic heterocycles. The second kappa shape index (κ2) is 9.38. The first-order valence-electron chi connectivity index (χ1n) is 9.00. The van der Waals surface area contributed by atoms with Crippen LogP contribution < -0.4 is 10.0 Å². The first-order chi connectivity index (χ1) is 14.3. The zero-order valence-corrected chi connectivity index (χ0v) is 16.9. The fourth-order valence-corrected chi connectivity index (χ4v) is 3.54. The molecule has 8 nitrogen and oxygen atoms in total. The van der Waals surface area contributed by atoms with Crippen molar-refractivity contribution in [2.75, 3.05) is 11.9 Å². The van der Waals surface area contributed by atoms with E-state index in [1.165, 1.54) is 30.5 Å². The van der Waals surface area contributed by atoms with E-state index >= 15 is 0 Å². The summed E-state index contributed by atoms with van der Waals surface area (Å²) >= 11 is 0. The molecule has 0 spiro atoms. The Morgan fingerprint density at radius 2 is 1.73 bits per heavy atom. The molecule has 0 unspecified atom stereocenters. The van der Waals surface area contributed by atoms with Crippen molar-refractivity contribution in [3.63, 3.8) is 0 Å². The second-order valence-electron chi connectivity index (χ2n) is 6.37. The van der Waals surface area contributed by atoms with Crippen LogP contribution >= 0.6 is 0 Å². The molecule has 0 radical (unpaired) electrons. The van der Waals surface area contributed by atoms with Crippen molar-refractivity contribution >= 4 is 27.6 Å². The highest BCUT2D eigenvalue weighted by Crippen LogP contribution is 2.14. The third-order valence-electron chi connectivity index (χ3n) is 4.17. The van der Waals surface area contributed by atoms with Gasteiger partial charge in [0.05, 0.1) is 23.3 Å². The number of esters is 1. The Labute approximate surface area is 173 Å². The maximum absolute atomic E-state index is 12.3. The zero-order chi connectivity index (χ0) is 21.6. The Balaban J connectivity index is 1.54. The number of para-hydroxylation sites is 1. The predicted molar refractivity (Wildman–Crippen MR) is 109 cm³/mol. The van der Waals surface area contributed by atoms with Gasteiger partial charge in [0.15, 0.2) is 6.61 Å². The highest BCUT2D eigenvalue weighted by molar-refractivity contribution is 7.89.